The average molecular weight is 281 g/mol. The third-order valence-electron chi connectivity index (χ3n) is 2.36. The third kappa shape index (κ3) is 2.44. The minimum Gasteiger partial charge on any atom is -0.428 e. The van der Waals surface area contributed by atoms with Crippen LogP contribution < -0.4 is 5.32 Å². The van der Waals surface area contributed by atoms with Crippen molar-refractivity contribution >= 4 is 21.9 Å². The van der Waals surface area contributed by atoms with Crippen LogP contribution in [0.1, 0.15) is 17.0 Å². The number of halogens is 1. The Bertz CT molecular complexity index is 494. The van der Waals surface area contributed by atoms with Crippen molar-refractivity contribution in [1.82, 2.24) is 4.98 Å². The highest BCUT2D eigenvalue weighted by Crippen LogP contribution is 2.19. The molecule has 1 heterocycles. The number of aryl methyl sites for hydroxylation is 1. The number of anilines is 1. The minimum atomic E-state index is 0.572. The second kappa shape index (κ2) is 4.70. The number of aromatic nitrogens is 1. The molecule has 1 aromatic carbocycles. The number of hydrogen-bond donors (Lipinski definition) is 1. The molecule has 3 nitrogen and oxygen atoms in total. The maximum Gasteiger partial charge on any atom is 0.294 e. The summed E-state index contributed by atoms with van der Waals surface area (Å²) in [5.41, 5.74) is 2.14. The molecule has 0 spiro atoms. The predicted octanol–water partition coefficient (Wildman–Crippen LogP) is 3.38. The van der Waals surface area contributed by atoms with Crippen LogP contribution in [0.15, 0.2) is 33.2 Å². The number of benzene rings is 1. The first-order valence-corrected chi connectivity index (χ1v) is 5.87. The molecule has 4 heteroatoms. The Balaban J connectivity index is 2.23. The number of oxazole rings is 1. The van der Waals surface area contributed by atoms with Crippen molar-refractivity contribution in [3.63, 3.8) is 0 Å². The lowest BCUT2D eigenvalue weighted by atomic mass is 10.1. The number of hydrogen-bond acceptors (Lipinski definition) is 3. The van der Waals surface area contributed by atoms with Gasteiger partial charge in [-0.05, 0) is 24.6 Å². The van der Waals surface area contributed by atoms with E-state index >= 15 is 0 Å². The lowest BCUT2D eigenvalue weighted by molar-refractivity contribution is 0.528. The van der Waals surface area contributed by atoms with Crippen LogP contribution in [0, 0.1) is 6.92 Å². The Morgan fingerprint density at radius 3 is 2.88 bits per heavy atom. The van der Waals surface area contributed by atoms with Gasteiger partial charge in [0.25, 0.3) is 6.01 Å². The van der Waals surface area contributed by atoms with E-state index in [1.807, 2.05) is 19.1 Å². The summed E-state index contributed by atoms with van der Waals surface area (Å²) in [6.07, 6.45) is 0.764. The molecule has 0 aliphatic heterocycles. The summed E-state index contributed by atoms with van der Waals surface area (Å²) in [5.74, 6) is 0.905. The summed E-state index contributed by atoms with van der Waals surface area (Å²) in [7, 11) is 1.80. The first-order valence-electron chi connectivity index (χ1n) is 5.07. The zero-order chi connectivity index (χ0) is 11.5. The summed E-state index contributed by atoms with van der Waals surface area (Å²) in [6.45, 7) is 1.96. The minimum absolute atomic E-state index is 0.572. The van der Waals surface area contributed by atoms with Crippen molar-refractivity contribution in [2.45, 2.75) is 13.3 Å². The summed E-state index contributed by atoms with van der Waals surface area (Å²) >= 11 is 3.45. The molecular weight excluding hydrogens is 268 g/mol. The zero-order valence-corrected chi connectivity index (χ0v) is 10.8. The summed E-state index contributed by atoms with van der Waals surface area (Å²) < 4.78 is 6.65. The Hall–Kier alpha value is -1.29. The van der Waals surface area contributed by atoms with Gasteiger partial charge in [-0.15, -0.1) is 0 Å². The molecule has 1 aromatic heterocycles. The molecule has 16 heavy (non-hydrogen) atoms. The second-order valence-electron chi connectivity index (χ2n) is 3.58. The summed E-state index contributed by atoms with van der Waals surface area (Å²) in [5, 5.41) is 2.90. The van der Waals surface area contributed by atoms with Crippen LogP contribution >= 0.6 is 15.9 Å². The molecule has 0 aliphatic rings. The van der Waals surface area contributed by atoms with Gasteiger partial charge in [0.2, 0.25) is 0 Å². The molecule has 0 radical (unpaired) electrons. The molecule has 1 N–H and O–H groups in total. The monoisotopic (exact) mass is 280 g/mol. The Morgan fingerprint density at radius 1 is 1.44 bits per heavy atom. The molecule has 0 saturated carbocycles. The van der Waals surface area contributed by atoms with Crippen LogP contribution in [0.5, 0.6) is 0 Å². The maximum absolute atomic E-state index is 5.57. The van der Waals surface area contributed by atoms with E-state index in [9.17, 15) is 0 Å². The predicted molar refractivity (Wildman–Crippen MR) is 67.7 cm³/mol. The van der Waals surface area contributed by atoms with E-state index in [1.54, 1.807) is 7.05 Å². The first kappa shape index (κ1) is 11.2. The van der Waals surface area contributed by atoms with E-state index in [0.29, 0.717) is 6.01 Å². The maximum atomic E-state index is 5.57. The van der Waals surface area contributed by atoms with Gasteiger partial charge < -0.3 is 9.73 Å². The van der Waals surface area contributed by atoms with Crippen molar-refractivity contribution in [3.8, 4) is 0 Å². The van der Waals surface area contributed by atoms with Crippen LogP contribution in [0.25, 0.3) is 0 Å². The van der Waals surface area contributed by atoms with Gasteiger partial charge in [-0.1, -0.05) is 28.1 Å². The molecule has 0 fully saturated rings. The molecule has 0 unspecified atom stereocenters. The highest BCUT2D eigenvalue weighted by atomic mass is 79.9. The molecule has 0 bridgehead atoms. The third-order valence-corrected chi connectivity index (χ3v) is 2.85. The standard InChI is InChI=1S/C12H13BrN2O/c1-8-11(16-12(14-2)15-8)7-9-4-3-5-10(13)6-9/h3-6H,7H2,1-2H3,(H,14,15). The normalized spacial score (nSPS) is 10.4. The summed E-state index contributed by atoms with van der Waals surface area (Å²) in [6, 6.07) is 8.76. The van der Waals surface area contributed by atoms with Crippen molar-refractivity contribution < 1.29 is 4.42 Å². The van der Waals surface area contributed by atoms with E-state index < -0.39 is 0 Å². The number of nitrogens with one attached hydrogen (secondary N) is 1. The summed E-state index contributed by atoms with van der Waals surface area (Å²) in [4.78, 5) is 4.26. The van der Waals surface area contributed by atoms with Crippen LogP contribution in [-0.4, -0.2) is 12.0 Å². The molecule has 0 amide bonds. The molecule has 2 aromatic rings. The van der Waals surface area contributed by atoms with E-state index in [4.69, 9.17) is 4.42 Å². The van der Waals surface area contributed by atoms with E-state index in [1.165, 1.54) is 5.56 Å². The van der Waals surface area contributed by atoms with Crippen LogP contribution in [0.3, 0.4) is 0 Å². The SMILES string of the molecule is CNc1nc(C)c(Cc2cccc(Br)c2)o1. The van der Waals surface area contributed by atoms with Crippen LogP contribution in [-0.2, 0) is 6.42 Å². The highest BCUT2D eigenvalue weighted by molar-refractivity contribution is 9.10. The van der Waals surface area contributed by atoms with Gasteiger partial charge in [-0.2, -0.15) is 4.98 Å². The fourth-order valence-corrected chi connectivity index (χ4v) is 1.98. The fourth-order valence-electron chi connectivity index (χ4n) is 1.53. The van der Waals surface area contributed by atoms with Gasteiger partial charge in [-0.3, -0.25) is 0 Å². The van der Waals surface area contributed by atoms with E-state index in [-0.39, 0.29) is 0 Å². The van der Waals surface area contributed by atoms with E-state index in [2.05, 4.69) is 38.4 Å². The molecule has 84 valence electrons. The van der Waals surface area contributed by atoms with Crippen LogP contribution in [0.4, 0.5) is 6.01 Å². The van der Waals surface area contributed by atoms with Crippen LogP contribution in [0.2, 0.25) is 0 Å². The van der Waals surface area contributed by atoms with Gasteiger partial charge in [0, 0.05) is 17.9 Å². The molecule has 0 aliphatic carbocycles. The molecule has 0 atom stereocenters. The lowest BCUT2D eigenvalue weighted by Crippen LogP contribution is -1.88. The van der Waals surface area contributed by atoms with E-state index in [0.717, 1.165) is 22.3 Å². The Labute approximate surface area is 103 Å². The van der Waals surface area contributed by atoms with Gasteiger partial charge in [0.1, 0.15) is 5.76 Å². The van der Waals surface area contributed by atoms with Crippen molar-refractivity contribution in [2.75, 3.05) is 12.4 Å². The topological polar surface area (TPSA) is 38.1 Å². The molecular formula is C12H13BrN2O. The molecule has 0 saturated heterocycles. The quantitative estimate of drug-likeness (QED) is 0.937. The van der Waals surface area contributed by atoms with Gasteiger partial charge in [0.15, 0.2) is 0 Å². The van der Waals surface area contributed by atoms with Gasteiger partial charge >= 0.3 is 0 Å². The number of rotatable bonds is 3. The zero-order valence-electron chi connectivity index (χ0n) is 9.25. The lowest BCUT2D eigenvalue weighted by Gasteiger charge is -1.99. The highest BCUT2D eigenvalue weighted by Gasteiger charge is 2.09. The Morgan fingerprint density at radius 2 is 2.25 bits per heavy atom. The Kier molecular flexibility index (Phi) is 3.29. The molecule has 2 rings (SSSR count). The van der Waals surface area contributed by atoms with Gasteiger partial charge in [-0.25, -0.2) is 0 Å². The average Bonchev–Trinajstić information content (AvgIpc) is 2.60. The second-order valence-corrected chi connectivity index (χ2v) is 4.50. The van der Waals surface area contributed by atoms with Crippen molar-refractivity contribution in [1.29, 1.82) is 0 Å². The van der Waals surface area contributed by atoms with Crippen molar-refractivity contribution in [2.24, 2.45) is 0 Å². The largest absolute Gasteiger partial charge is 0.428 e. The van der Waals surface area contributed by atoms with Gasteiger partial charge in [0.05, 0.1) is 5.69 Å². The first-order chi connectivity index (χ1) is 7.69. The fraction of sp³-hybridized carbons (Fsp3) is 0.250. The van der Waals surface area contributed by atoms with Crippen molar-refractivity contribution in [3.05, 3.63) is 45.8 Å². The smallest absolute Gasteiger partial charge is 0.294 e. The number of nitrogens with zero attached hydrogens (tertiary/aromatic N) is 1.